The SMILES string of the molecule is N#Cc1nc(-c2ccccc2F)n2c1CNCC2. The molecule has 1 aliphatic heterocycles. The Morgan fingerprint density at radius 2 is 2.22 bits per heavy atom. The fourth-order valence-corrected chi connectivity index (χ4v) is 2.24. The molecular weight excluding hydrogens is 231 g/mol. The van der Waals surface area contributed by atoms with Gasteiger partial charge in [0.05, 0.1) is 11.3 Å². The zero-order chi connectivity index (χ0) is 12.5. The Labute approximate surface area is 104 Å². The molecule has 1 aromatic carbocycles. The summed E-state index contributed by atoms with van der Waals surface area (Å²) in [5, 5.41) is 12.3. The fourth-order valence-electron chi connectivity index (χ4n) is 2.24. The Morgan fingerprint density at radius 1 is 1.39 bits per heavy atom. The second-order valence-corrected chi connectivity index (χ2v) is 4.15. The topological polar surface area (TPSA) is 53.6 Å². The van der Waals surface area contributed by atoms with Crippen molar-refractivity contribution >= 4 is 0 Å². The maximum absolute atomic E-state index is 13.8. The number of nitriles is 1. The number of benzene rings is 1. The van der Waals surface area contributed by atoms with Crippen molar-refractivity contribution in [2.45, 2.75) is 13.1 Å². The third-order valence-corrected chi connectivity index (χ3v) is 3.10. The number of rotatable bonds is 1. The number of fused-ring (bicyclic) bond motifs is 1. The van der Waals surface area contributed by atoms with E-state index < -0.39 is 0 Å². The largest absolute Gasteiger partial charge is 0.324 e. The van der Waals surface area contributed by atoms with Gasteiger partial charge in [0.2, 0.25) is 0 Å². The van der Waals surface area contributed by atoms with Crippen LogP contribution in [0.1, 0.15) is 11.4 Å². The second kappa shape index (κ2) is 4.24. The van der Waals surface area contributed by atoms with E-state index in [1.807, 2.05) is 4.57 Å². The quantitative estimate of drug-likeness (QED) is 0.827. The number of nitrogens with one attached hydrogen (secondary N) is 1. The van der Waals surface area contributed by atoms with Crippen LogP contribution in [0.15, 0.2) is 24.3 Å². The molecule has 0 saturated heterocycles. The molecule has 0 aliphatic carbocycles. The van der Waals surface area contributed by atoms with E-state index in [9.17, 15) is 4.39 Å². The van der Waals surface area contributed by atoms with Gasteiger partial charge in [0.15, 0.2) is 5.69 Å². The van der Waals surface area contributed by atoms with Crippen molar-refractivity contribution < 1.29 is 4.39 Å². The summed E-state index contributed by atoms with van der Waals surface area (Å²) in [6, 6.07) is 8.58. The standard InChI is InChI=1S/C13H11FN4/c14-10-4-2-1-3-9(10)13-17-11(7-15)12-8-16-5-6-18(12)13/h1-4,16H,5-6,8H2. The van der Waals surface area contributed by atoms with Gasteiger partial charge in [-0.25, -0.2) is 9.37 Å². The van der Waals surface area contributed by atoms with Gasteiger partial charge in [-0.15, -0.1) is 0 Å². The fraction of sp³-hybridized carbons (Fsp3) is 0.231. The maximum atomic E-state index is 13.8. The third-order valence-electron chi connectivity index (χ3n) is 3.10. The number of imidazole rings is 1. The van der Waals surface area contributed by atoms with Gasteiger partial charge in [-0.1, -0.05) is 12.1 Å². The molecule has 5 heteroatoms. The van der Waals surface area contributed by atoms with Crippen LogP contribution in [0.25, 0.3) is 11.4 Å². The molecule has 0 bridgehead atoms. The molecule has 0 unspecified atom stereocenters. The first-order chi connectivity index (χ1) is 8.81. The highest BCUT2D eigenvalue weighted by atomic mass is 19.1. The molecule has 1 aromatic heterocycles. The average Bonchev–Trinajstić information content (AvgIpc) is 2.78. The number of halogens is 1. The molecule has 2 heterocycles. The number of nitrogens with zero attached hydrogens (tertiary/aromatic N) is 3. The molecule has 0 radical (unpaired) electrons. The third kappa shape index (κ3) is 1.59. The molecule has 0 saturated carbocycles. The zero-order valence-electron chi connectivity index (χ0n) is 9.65. The van der Waals surface area contributed by atoms with Gasteiger partial charge in [-0.3, -0.25) is 0 Å². The summed E-state index contributed by atoms with van der Waals surface area (Å²) in [5.74, 6) is 0.231. The summed E-state index contributed by atoms with van der Waals surface area (Å²) in [7, 11) is 0. The minimum atomic E-state index is -0.312. The lowest BCUT2D eigenvalue weighted by atomic mass is 10.2. The van der Waals surface area contributed by atoms with Crippen LogP contribution in [0.2, 0.25) is 0 Å². The summed E-state index contributed by atoms with van der Waals surface area (Å²) in [6.45, 7) is 2.10. The van der Waals surface area contributed by atoms with Crippen molar-refractivity contribution in [3.8, 4) is 17.5 Å². The molecule has 0 spiro atoms. The van der Waals surface area contributed by atoms with Gasteiger partial charge >= 0.3 is 0 Å². The Hall–Kier alpha value is -2.19. The van der Waals surface area contributed by atoms with E-state index in [-0.39, 0.29) is 5.82 Å². The predicted octanol–water partition coefficient (Wildman–Crippen LogP) is 1.66. The van der Waals surface area contributed by atoms with Crippen molar-refractivity contribution in [1.29, 1.82) is 5.26 Å². The van der Waals surface area contributed by atoms with E-state index in [0.29, 0.717) is 30.2 Å². The van der Waals surface area contributed by atoms with Crippen LogP contribution in [0.3, 0.4) is 0 Å². The van der Waals surface area contributed by atoms with Crippen molar-refractivity contribution in [3.63, 3.8) is 0 Å². The van der Waals surface area contributed by atoms with E-state index in [1.54, 1.807) is 18.2 Å². The second-order valence-electron chi connectivity index (χ2n) is 4.15. The van der Waals surface area contributed by atoms with Gasteiger partial charge < -0.3 is 9.88 Å². The number of aromatic nitrogens is 2. The van der Waals surface area contributed by atoms with Crippen LogP contribution in [0.5, 0.6) is 0 Å². The molecule has 18 heavy (non-hydrogen) atoms. The molecule has 2 aromatic rings. The first-order valence-electron chi connectivity index (χ1n) is 5.76. The highest BCUT2D eigenvalue weighted by molar-refractivity contribution is 5.59. The van der Waals surface area contributed by atoms with E-state index in [0.717, 1.165) is 12.2 Å². The van der Waals surface area contributed by atoms with Crippen molar-refractivity contribution in [2.75, 3.05) is 6.54 Å². The maximum Gasteiger partial charge on any atom is 0.163 e. The lowest BCUT2D eigenvalue weighted by Crippen LogP contribution is -2.28. The van der Waals surface area contributed by atoms with Crippen LogP contribution in [-0.2, 0) is 13.1 Å². The number of hydrogen-bond donors (Lipinski definition) is 1. The zero-order valence-corrected chi connectivity index (χ0v) is 9.65. The molecule has 1 N–H and O–H groups in total. The summed E-state index contributed by atoms with van der Waals surface area (Å²) < 4.78 is 15.7. The Bertz CT molecular complexity index is 639. The Balaban J connectivity index is 2.22. The molecular formula is C13H11FN4. The van der Waals surface area contributed by atoms with Gasteiger partial charge in [0.25, 0.3) is 0 Å². The first-order valence-corrected chi connectivity index (χ1v) is 5.76. The lowest BCUT2D eigenvalue weighted by Gasteiger charge is -2.18. The van der Waals surface area contributed by atoms with Crippen LogP contribution in [-0.4, -0.2) is 16.1 Å². The highest BCUT2D eigenvalue weighted by Crippen LogP contribution is 2.25. The van der Waals surface area contributed by atoms with Crippen LogP contribution in [0, 0.1) is 17.1 Å². The Morgan fingerprint density at radius 3 is 3.00 bits per heavy atom. The first kappa shape index (κ1) is 10.9. The van der Waals surface area contributed by atoms with E-state index in [2.05, 4.69) is 16.4 Å². The van der Waals surface area contributed by atoms with Crippen LogP contribution in [0.4, 0.5) is 4.39 Å². The van der Waals surface area contributed by atoms with Crippen molar-refractivity contribution in [2.24, 2.45) is 0 Å². The molecule has 0 fully saturated rings. The molecule has 0 amide bonds. The molecule has 4 nitrogen and oxygen atoms in total. The summed E-state index contributed by atoms with van der Waals surface area (Å²) in [6.07, 6.45) is 0. The van der Waals surface area contributed by atoms with Gasteiger partial charge in [-0.2, -0.15) is 5.26 Å². The summed E-state index contributed by atoms with van der Waals surface area (Å²) >= 11 is 0. The minimum Gasteiger partial charge on any atom is -0.324 e. The van der Waals surface area contributed by atoms with Gasteiger partial charge in [-0.05, 0) is 12.1 Å². The molecule has 1 aliphatic rings. The smallest absolute Gasteiger partial charge is 0.163 e. The highest BCUT2D eigenvalue weighted by Gasteiger charge is 2.21. The molecule has 3 rings (SSSR count). The van der Waals surface area contributed by atoms with Gasteiger partial charge in [0.1, 0.15) is 17.7 Å². The minimum absolute atomic E-state index is 0.312. The summed E-state index contributed by atoms with van der Waals surface area (Å²) in [5.41, 5.74) is 1.66. The van der Waals surface area contributed by atoms with Gasteiger partial charge in [0, 0.05) is 19.6 Å². The van der Waals surface area contributed by atoms with Crippen LogP contribution < -0.4 is 5.32 Å². The van der Waals surface area contributed by atoms with Crippen LogP contribution >= 0.6 is 0 Å². The average molecular weight is 242 g/mol. The molecule has 90 valence electrons. The monoisotopic (exact) mass is 242 g/mol. The normalized spacial score (nSPS) is 14.0. The predicted molar refractivity (Wildman–Crippen MR) is 64.0 cm³/mol. The lowest BCUT2D eigenvalue weighted by molar-refractivity contribution is 0.517. The van der Waals surface area contributed by atoms with E-state index >= 15 is 0 Å². The van der Waals surface area contributed by atoms with Crippen molar-refractivity contribution in [1.82, 2.24) is 14.9 Å². The van der Waals surface area contributed by atoms with Crippen molar-refractivity contribution in [3.05, 3.63) is 41.5 Å². The van der Waals surface area contributed by atoms with E-state index in [4.69, 9.17) is 5.26 Å². The Kier molecular flexibility index (Phi) is 2.58. The van der Waals surface area contributed by atoms with E-state index in [1.165, 1.54) is 6.07 Å². The number of hydrogen-bond acceptors (Lipinski definition) is 3. The summed E-state index contributed by atoms with van der Waals surface area (Å²) in [4.78, 5) is 4.26. The molecule has 0 atom stereocenters.